The predicted octanol–water partition coefficient (Wildman–Crippen LogP) is 3.28. The van der Waals surface area contributed by atoms with Crippen LogP contribution in [0.25, 0.3) is 0 Å². The highest BCUT2D eigenvalue weighted by Crippen LogP contribution is 2.39. The zero-order valence-corrected chi connectivity index (χ0v) is 16.4. The Bertz CT molecular complexity index is 1050. The van der Waals surface area contributed by atoms with Gasteiger partial charge in [0.2, 0.25) is 5.91 Å². The van der Waals surface area contributed by atoms with Gasteiger partial charge < -0.3 is 0 Å². The van der Waals surface area contributed by atoms with Gasteiger partial charge in [0.1, 0.15) is 17.7 Å². The molecular weight excluding hydrogens is 378 g/mol. The van der Waals surface area contributed by atoms with Gasteiger partial charge in [-0.1, -0.05) is 35.4 Å². The lowest BCUT2D eigenvalue weighted by Gasteiger charge is -2.23. The minimum atomic E-state index is -0.926. The fraction of sp³-hybridized carbons (Fsp3) is 0.238. The van der Waals surface area contributed by atoms with Crippen LogP contribution in [0.5, 0.6) is 0 Å². The quantitative estimate of drug-likeness (QED) is 0.748. The number of imide groups is 1. The molecule has 2 heterocycles. The topological polar surface area (TPSA) is 70.1 Å². The number of halogens is 1. The maximum Gasteiger partial charge on any atom is 0.259 e. The summed E-state index contributed by atoms with van der Waals surface area (Å²) in [5, 5.41) is 6.30. The SMILES string of the molecule is CC(=O)C1=NN(c2ccc(C)cc2)[C@@H]2C(=O)N(c3cccc(Cl)c3C)C(=O)[C@H]12. The molecule has 2 aliphatic rings. The summed E-state index contributed by atoms with van der Waals surface area (Å²) in [4.78, 5) is 39.8. The number of carbonyl (C=O) groups excluding carboxylic acids is 3. The number of benzene rings is 2. The van der Waals surface area contributed by atoms with E-state index in [9.17, 15) is 14.4 Å². The van der Waals surface area contributed by atoms with E-state index in [1.54, 1.807) is 25.1 Å². The molecule has 0 spiro atoms. The molecule has 142 valence electrons. The predicted molar refractivity (Wildman–Crippen MR) is 108 cm³/mol. The lowest BCUT2D eigenvalue weighted by molar-refractivity contribution is -0.122. The van der Waals surface area contributed by atoms with Crippen LogP contribution in [-0.2, 0) is 14.4 Å². The first-order valence-electron chi connectivity index (χ1n) is 8.89. The summed E-state index contributed by atoms with van der Waals surface area (Å²) >= 11 is 6.19. The van der Waals surface area contributed by atoms with Gasteiger partial charge in [-0.25, -0.2) is 4.90 Å². The molecule has 2 amide bonds. The molecule has 2 aliphatic heterocycles. The number of anilines is 2. The Morgan fingerprint density at radius 3 is 2.36 bits per heavy atom. The fourth-order valence-corrected chi connectivity index (χ4v) is 3.86. The van der Waals surface area contributed by atoms with Crippen molar-refractivity contribution in [2.45, 2.75) is 26.8 Å². The van der Waals surface area contributed by atoms with E-state index < -0.39 is 23.8 Å². The molecule has 2 atom stereocenters. The number of hydrazone groups is 1. The minimum absolute atomic E-state index is 0.103. The van der Waals surface area contributed by atoms with E-state index in [2.05, 4.69) is 5.10 Å². The van der Waals surface area contributed by atoms with E-state index in [-0.39, 0.29) is 11.5 Å². The Kier molecular flexibility index (Phi) is 4.31. The smallest absolute Gasteiger partial charge is 0.259 e. The van der Waals surface area contributed by atoms with Gasteiger partial charge >= 0.3 is 0 Å². The highest BCUT2D eigenvalue weighted by atomic mass is 35.5. The molecule has 4 rings (SSSR count). The van der Waals surface area contributed by atoms with E-state index in [1.807, 2.05) is 31.2 Å². The van der Waals surface area contributed by atoms with Crippen molar-refractivity contribution in [1.82, 2.24) is 0 Å². The first-order valence-corrected chi connectivity index (χ1v) is 9.27. The molecule has 0 radical (unpaired) electrons. The zero-order chi connectivity index (χ0) is 20.2. The van der Waals surface area contributed by atoms with Gasteiger partial charge in [-0.05, 0) is 43.7 Å². The minimum Gasteiger partial charge on any atom is -0.293 e. The van der Waals surface area contributed by atoms with Gasteiger partial charge in [-0.2, -0.15) is 5.10 Å². The van der Waals surface area contributed by atoms with E-state index in [0.29, 0.717) is 22.0 Å². The van der Waals surface area contributed by atoms with Crippen molar-refractivity contribution in [3.8, 4) is 0 Å². The first kappa shape index (κ1) is 18.4. The van der Waals surface area contributed by atoms with Crippen molar-refractivity contribution >= 4 is 46.3 Å². The maximum absolute atomic E-state index is 13.3. The summed E-state index contributed by atoms with van der Waals surface area (Å²) in [5.41, 5.74) is 2.88. The van der Waals surface area contributed by atoms with Gasteiger partial charge in [0.05, 0.1) is 11.4 Å². The van der Waals surface area contributed by atoms with E-state index in [4.69, 9.17) is 11.6 Å². The molecule has 0 N–H and O–H groups in total. The van der Waals surface area contributed by atoms with Crippen molar-refractivity contribution in [2.24, 2.45) is 11.0 Å². The number of nitrogens with zero attached hydrogens (tertiary/aromatic N) is 3. The van der Waals surface area contributed by atoms with Crippen molar-refractivity contribution in [2.75, 3.05) is 9.91 Å². The van der Waals surface area contributed by atoms with Crippen LogP contribution in [0.2, 0.25) is 5.02 Å². The molecule has 2 aromatic rings. The number of Topliss-reactive ketones (excluding diaryl/α,β-unsaturated/α-hetero) is 1. The van der Waals surface area contributed by atoms with Crippen LogP contribution in [0.4, 0.5) is 11.4 Å². The molecular formula is C21H18ClN3O3. The second-order valence-electron chi connectivity index (χ2n) is 7.04. The lowest BCUT2D eigenvalue weighted by atomic mass is 9.95. The van der Waals surface area contributed by atoms with Crippen LogP contribution >= 0.6 is 11.6 Å². The average Bonchev–Trinajstić information content (AvgIpc) is 3.16. The van der Waals surface area contributed by atoms with Crippen LogP contribution in [0.1, 0.15) is 18.1 Å². The summed E-state index contributed by atoms with van der Waals surface area (Å²) in [6.07, 6.45) is 0. The lowest BCUT2D eigenvalue weighted by Crippen LogP contribution is -2.39. The molecule has 0 aliphatic carbocycles. The summed E-state index contributed by atoms with van der Waals surface area (Å²) in [7, 11) is 0. The highest BCUT2D eigenvalue weighted by Gasteiger charge is 2.58. The molecule has 7 heteroatoms. The van der Waals surface area contributed by atoms with Crippen LogP contribution < -0.4 is 9.91 Å². The summed E-state index contributed by atoms with van der Waals surface area (Å²) in [6, 6.07) is 11.6. The number of carbonyl (C=O) groups is 3. The van der Waals surface area contributed by atoms with Gasteiger partial charge in [0.25, 0.3) is 5.91 Å². The number of fused-ring (bicyclic) bond motifs is 1. The van der Waals surface area contributed by atoms with Gasteiger partial charge in [-0.15, -0.1) is 0 Å². The Morgan fingerprint density at radius 2 is 1.71 bits per heavy atom. The summed E-state index contributed by atoms with van der Waals surface area (Å²) in [5.74, 6) is -2.12. The third kappa shape index (κ3) is 2.64. The summed E-state index contributed by atoms with van der Waals surface area (Å²) in [6.45, 7) is 5.07. The Balaban J connectivity index is 1.83. The second kappa shape index (κ2) is 6.56. The third-order valence-electron chi connectivity index (χ3n) is 5.19. The van der Waals surface area contributed by atoms with Gasteiger partial charge in [0, 0.05) is 11.9 Å². The van der Waals surface area contributed by atoms with E-state index in [1.165, 1.54) is 11.9 Å². The van der Waals surface area contributed by atoms with E-state index >= 15 is 0 Å². The Hall–Kier alpha value is -2.99. The number of hydrogen-bond donors (Lipinski definition) is 0. The highest BCUT2D eigenvalue weighted by molar-refractivity contribution is 6.49. The average molecular weight is 396 g/mol. The maximum atomic E-state index is 13.3. The standard InChI is InChI=1S/C21H18ClN3O3/c1-11-7-9-14(10-8-11)25-19-17(18(23-25)13(3)26)20(27)24(21(19)28)16-6-4-5-15(22)12(16)2/h4-10,17,19H,1-3H3/t17-,19+/m1/s1. The first-order chi connectivity index (χ1) is 13.3. The largest absolute Gasteiger partial charge is 0.293 e. The molecule has 28 heavy (non-hydrogen) atoms. The molecule has 1 saturated heterocycles. The fourth-order valence-electron chi connectivity index (χ4n) is 3.69. The van der Waals surface area contributed by atoms with E-state index in [0.717, 1.165) is 10.5 Å². The molecule has 0 aromatic heterocycles. The molecule has 1 fully saturated rings. The zero-order valence-electron chi connectivity index (χ0n) is 15.6. The molecule has 6 nitrogen and oxygen atoms in total. The van der Waals surface area contributed by atoms with Crippen molar-refractivity contribution in [3.05, 3.63) is 58.6 Å². The normalized spacial score (nSPS) is 21.2. The van der Waals surface area contributed by atoms with Gasteiger partial charge in [0.15, 0.2) is 5.78 Å². The number of rotatable bonds is 3. The third-order valence-corrected chi connectivity index (χ3v) is 5.60. The molecule has 0 bridgehead atoms. The Morgan fingerprint density at radius 1 is 1.04 bits per heavy atom. The van der Waals surface area contributed by atoms with Crippen LogP contribution in [0, 0.1) is 19.8 Å². The number of amides is 2. The number of ketones is 1. The molecule has 2 aromatic carbocycles. The number of hydrogen-bond acceptors (Lipinski definition) is 5. The van der Waals surface area contributed by atoms with Crippen LogP contribution in [-0.4, -0.2) is 29.4 Å². The van der Waals surface area contributed by atoms with Crippen molar-refractivity contribution in [1.29, 1.82) is 0 Å². The monoisotopic (exact) mass is 395 g/mol. The molecule has 0 saturated carbocycles. The van der Waals surface area contributed by atoms with Crippen LogP contribution in [0.3, 0.4) is 0 Å². The Labute approximate surface area is 167 Å². The summed E-state index contributed by atoms with van der Waals surface area (Å²) < 4.78 is 0. The molecule has 0 unspecified atom stereocenters. The second-order valence-corrected chi connectivity index (χ2v) is 7.45. The van der Waals surface area contributed by atoms with Crippen molar-refractivity contribution in [3.63, 3.8) is 0 Å². The number of aryl methyl sites for hydroxylation is 1. The van der Waals surface area contributed by atoms with Gasteiger partial charge in [-0.3, -0.25) is 19.4 Å². The van der Waals surface area contributed by atoms with Crippen molar-refractivity contribution < 1.29 is 14.4 Å². The van der Waals surface area contributed by atoms with Crippen LogP contribution in [0.15, 0.2) is 47.6 Å².